The zero-order valence-electron chi connectivity index (χ0n) is 17.1. The predicted octanol–water partition coefficient (Wildman–Crippen LogP) is 4.85. The van der Waals surface area contributed by atoms with Gasteiger partial charge >= 0.3 is 11.9 Å². The van der Waals surface area contributed by atoms with Gasteiger partial charge in [0, 0.05) is 12.0 Å². The van der Waals surface area contributed by atoms with Crippen molar-refractivity contribution in [3.05, 3.63) is 29.8 Å². The fraction of sp³-hybridized carbons (Fsp3) is 0.545. The summed E-state index contributed by atoms with van der Waals surface area (Å²) in [5.41, 5.74) is 0.709. The van der Waals surface area contributed by atoms with E-state index in [1.165, 1.54) is 25.3 Å². The Balaban J connectivity index is 0.00000113. The third kappa shape index (κ3) is 17.0. The van der Waals surface area contributed by atoms with Crippen LogP contribution >= 0.6 is 0 Å². The van der Waals surface area contributed by atoms with Crippen LogP contribution in [0.2, 0.25) is 0 Å². The second-order valence-corrected chi connectivity index (χ2v) is 6.63. The number of benzene rings is 1. The summed E-state index contributed by atoms with van der Waals surface area (Å²) in [6.07, 6.45) is 8.63. The number of nitriles is 1. The topological polar surface area (TPSA) is 125 Å². The number of carboxylic acid groups (broad SMARTS) is 2. The van der Waals surface area contributed by atoms with Gasteiger partial charge in [-0.15, -0.1) is 0 Å². The van der Waals surface area contributed by atoms with Crippen LogP contribution in [-0.4, -0.2) is 34.5 Å². The molecule has 0 saturated carbocycles. The number of carboxylic acids is 2. The molecular weight excluding hydrogens is 374 g/mol. The highest BCUT2D eigenvalue weighted by molar-refractivity contribution is 5.94. The van der Waals surface area contributed by atoms with Crippen molar-refractivity contribution in [2.45, 2.75) is 71.1 Å². The standard InChI is InChI=1S/C19H28O4.C3H3NO2/c1-16(20)17-11-13-18(14-12-17)23-15-9-7-5-3-2-4-6-8-10-19(21)22;4-2-1-3(5)6/h11-14H,2-10,15H2,1H3,(H,21,22);1H2,(H,5,6). The number of carbonyl (C=O) groups is 3. The Kier molecular flexibility index (Phi) is 15.5. The highest BCUT2D eigenvalue weighted by Gasteiger charge is 2.00. The van der Waals surface area contributed by atoms with Crippen molar-refractivity contribution >= 4 is 17.7 Å². The quantitative estimate of drug-likeness (QED) is 0.335. The summed E-state index contributed by atoms with van der Waals surface area (Å²) < 4.78 is 5.66. The van der Waals surface area contributed by atoms with Gasteiger partial charge in [0.05, 0.1) is 12.7 Å². The lowest BCUT2D eigenvalue weighted by atomic mass is 10.1. The zero-order chi connectivity index (χ0) is 21.9. The van der Waals surface area contributed by atoms with Gasteiger partial charge < -0.3 is 14.9 Å². The van der Waals surface area contributed by atoms with E-state index in [9.17, 15) is 14.4 Å². The molecule has 0 radical (unpaired) electrons. The summed E-state index contributed by atoms with van der Waals surface area (Å²) in [7, 11) is 0. The Bertz CT molecular complexity index is 648. The van der Waals surface area contributed by atoms with Crippen LogP contribution in [0.3, 0.4) is 0 Å². The molecule has 1 rings (SSSR count). The maximum Gasteiger partial charge on any atom is 0.317 e. The second-order valence-electron chi connectivity index (χ2n) is 6.63. The van der Waals surface area contributed by atoms with Crippen LogP contribution in [0.25, 0.3) is 0 Å². The molecule has 0 aliphatic carbocycles. The molecule has 2 N–H and O–H groups in total. The summed E-state index contributed by atoms with van der Waals surface area (Å²) in [5.74, 6) is -0.883. The average Bonchev–Trinajstić information content (AvgIpc) is 2.66. The van der Waals surface area contributed by atoms with E-state index >= 15 is 0 Å². The van der Waals surface area contributed by atoms with E-state index in [0.29, 0.717) is 18.6 Å². The molecule has 7 heteroatoms. The lowest BCUT2D eigenvalue weighted by Crippen LogP contribution is -1.98. The maximum absolute atomic E-state index is 11.2. The highest BCUT2D eigenvalue weighted by Crippen LogP contribution is 2.14. The van der Waals surface area contributed by atoms with E-state index in [2.05, 4.69) is 0 Å². The molecule has 0 saturated heterocycles. The molecular formula is C22H31NO6. The van der Waals surface area contributed by atoms with E-state index in [1.54, 1.807) is 19.1 Å². The fourth-order valence-electron chi connectivity index (χ4n) is 2.48. The number of aliphatic carboxylic acids is 2. The van der Waals surface area contributed by atoms with Gasteiger partial charge in [-0.25, -0.2) is 0 Å². The number of ketones is 1. The van der Waals surface area contributed by atoms with Crippen LogP contribution in [0.4, 0.5) is 0 Å². The zero-order valence-corrected chi connectivity index (χ0v) is 17.1. The Morgan fingerprint density at radius 2 is 1.38 bits per heavy atom. The molecule has 0 atom stereocenters. The molecule has 0 amide bonds. The van der Waals surface area contributed by atoms with E-state index in [4.69, 9.17) is 20.2 Å². The number of nitrogens with zero attached hydrogens (tertiary/aromatic N) is 1. The van der Waals surface area contributed by atoms with E-state index < -0.39 is 18.4 Å². The average molecular weight is 405 g/mol. The first-order valence-electron chi connectivity index (χ1n) is 9.91. The van der Waals surface area contributed by atoms with Gasteiger partial charge in [-0.1, -0.05) is 38.5 Å². The van der Waals surface area contributed by atoms with Crippen molar-refractivity contribution in [2.24, 2.45) is 0 Å². The number of hydrogen-bond donors (Lipinski definition) is 2. The second kappa shape index (κ2) is 17.2. The number of Topliss-reactive ketones (excluding diaryl/α,β-unsaturated/α-hetero) is 1. The molecule has 1 aromatic carbocycles. The minimum absolute atomic E-state index is 0.0690. The molecule has 0 heterocycles. The number of hydrogen-bond acceptors (Lipinski definition) is 5. The van der Waals surface area contributed by atoms with Gasteiger partial charge in [-0.2, -0.15) is 5.26 Å². The Labute approximate surface area is 172 Å². The first-order valence-corrected chi connectivity index (χ1v) is 9.91. The van der Waals surface area contributed by atoms with Crippen molar-refractivity contribution < 1.29 is 29.3 Å². The van der Waals surface area contributed by atoms with E-state index in [-0.39, 0.29) is 5.78 Å². The minimum atomic E-state index is -1.07. The Hall–Kier alpha value is -2.88. The van der Waals surface area contributed by atoms with Gasteiger partial charge in [0.15, 0.2) is 5.78 Å². The monoisotopic (exact) mass is 405 g/mol. The molecule has 0 aliphatic heterocycles. The summed E-state index contributed by atoms with van der Waals surface area (Å²) in [4.78, 5) is 30.9. The van der Waals surface area contributed by atoms with Crippen molar-refractivity contribution in [1.29, 1.82) is 5.26 Å². The van der Waals surface area contributed by atoms with Gasteiger partial charge in [0.25, 0.3) is 0 Å². The fourth-order valence-corrected chi connectivity index (χ4v) is 2.48. The molecule has 0 aromatic heterocycles. The smallest absolute Gasteiger partial charge is 0.317 e. The molecule has 0 unspecified atom stereocenters. The molecule has 160 valence electrons. The molecule has 0 spiro atoms. The van der Waals surface area contributed by atoms with Crippen LogP contribution < -0.4 is 4.74 Å². The van der Waals surface area contributed by atoms with Gasteiger partial charge in [0.2, 0.25) is 0 Å². The number of unbranched alkanes of at least 4 members (excludes halogenated alkanes) is 7. The molecule has 1 aromatic rings. The first kappa shape index (κ1) is 26.1. The van der Waals surface area contributed by atoms with Crippen molar-refractivity contribution in [3.8, 4) is 11.8 Å². The van der Waals surface area contributed by atoms with Crippen molar-refractivity contribution in [3.63, 3.8) is 0 Å². The molecule has 0 aliphatic rings. The number of carbonyl (C=O) groups excluding carboxylic acids is 1. The summed E-state index contributed by atoms with van der Waals surface area (Å²) >= 11 is 0. The Morgan fingerprint density at radius 1 is 0.862 bits per heavy atom. The third-order valence-corrected chi connectivity index (χ3v) is 4.04. The van der Waals surface area contributed by atoms with Crippen molar-refractivity contribution in [1.82, 2.24) is 0 Å². The van der Waals surface area contributed by atoms with Gasteiger partial charge in [-0.3, -0.25) is 14.4 Å². The van der Waals surface area contributed by atoms with Crippen LogP contribution in [0.5, 0.6) is 5.75 Å². The minimum Gasteiger partial charge on any atom is -0.494 e. The largest absolute Gasteiger partial charge is 0.494 e. The first-order chi connectivity index (χ1) is 13.9. The molecule has 7 nitrogen and oxygen atoms in total. The predicted molar refractivity (Wildman–Crippen MR) is 109 cm³/mol. The lowest BCUT2D eigenvalue weighted by molar-refractivity contribution is -0.137. The van der Waals surface area contributed by atoms with Crippen LogP contribution in [0, 0.1) is 11.3 Å². The summed E-state index contributed by atoms with van der Waals surface area (Å²) in [6, 6.07) is 8.74. The van der Waals surface area contributed by atoms with Crippen LogP contribution in [0.15, 0.2) is 24.3 Å². The van der Waals surface area contributed by atoms with Crippen LogP contribution in [0.1, 0.15) is 81.5 Å². The molecule has 29 heavy (non-hydrogen) atoms. The van der Waals surface area contributed by atoms with Crippen molar-refractivity contribution in [2.75, 3.05) is 6.61 Å². The highest BCUT2D eigenvalue weighted by atomic mass is 16.5. The Morgan fingerprint density at radius 3 is 1.79 bits per heavy atom. The van der Waals surface area contributed by atoms with Crippen LogP contribution in [-0.2, 0) is 9.59 Å². The lowest BCUT2D eigenvalue weighted by Gasteiger charge is -2.06. The normalized spacial score (nSPS) is 9.66. The maximum atomic E-state index is 11.2. The number of ether oxygens (including phenoxy) is 1. The van der Waals surface area contributed by atoms with Gasteiger partial charge in [-0.05, 0) is 44.0 Å². The third-order valence-electron chi connectivity index (χ3n) is 4.04. The van der Waals surface area contributed by atoms with E-state index in [1.807, 2.05) is 12.1 Å². The van der Waals surface area contributed by atoms with E-state index in [0.717, 1.165) is 37.9 Å². The molecule has 0 fully saturated rings. The molecule has 0 bridgehead atoms. The summed E-state index contributed by atoms with van der Waals surface area (Å²) in [6.45, 7) is 2.26. The van der Waals surface area contributed by atoms with Gasteiger partial charge in [0.1, 0.15) is 12.2 Å². The SMILES string of the molecule is CC(=O)c1ccc(OCCCCCCCCCCC(=O)O)cc1.N#CCC(=O)O. The summed E-state index contributed by atoms with van der Waals surface area (Å²) in [5, 5.41) is 23.8. The number of rotatable bonds is 14.